The number of amides is 2. The van der Waals surface area contributed by atoms with Gasteiger partial charge < -0.3 is 0 Å². The summed E-state index contributed by atoms with van der Waals surface area (Å²) in [5.41, 5.74) is -0.281. The molecule has 7 nitrogen and oxygen atoms in total. The van der Waals surface area contributed by atoms with Crippen molar-refractivity contribution in [3.63, 3.8) is 0 Å². The van der Waals surface area contributed by atoms with E-state index in [1.807, 2.05) is 24.3 Å². The average molecular weight is 486 g/mol. The maximum Gasteiger partial charge on any atom is 0.251 e. The number of sulfonamides is 1. The molecular formula is C24H21F2N3O4S. The molecule has 34 heavy (non-hydrogen) atoms. The number of carbonyl (C=O) groups excluding carboxylic acids is 2. The standard InChI is InChI=1S/C24H21F2N3O4S/c25-18-6-8-21(20(26)14-18)29-23(30)15-22(24(29)31)27-9-11-28(12-10-27)34(32,33)19-7-5-16-3-1-2-4-17(16)13-19/h1-8,13-14,22H,9-12,15H2. The number of halogens is 2. The minimum absolute atomic E-state index is 0.146. The zero-order valence-electron chi connectivity index (χ0n) is 18.0. The lowest BCUT2D eigenvalue weighted by Gasteiger charge is -2.36. The molecule has 1 atom stereocenters. The first-order chi connectivity index (χ1) is 16.3. The number of anilines is 1. The van der Waals surface area contributed by atoms with E-state index in [4.69, 9.17) is 0 Å². The Hall–Kier alpha value is -3.21. The summed E-state index contributed by atoms with van der Waals surface area (Å²) in [4.78, 5) is 28.1. The number of carbonyl (C=O) groups is 2. The van der Waals surface area contributed by atoms with E-state index in [1.165, 1.54) is 4.31 Å². The molecule has 2 fully saturated rings. The Morgan fingerprint density at radius 2 is 1.53 bits per heavy atom. The second-order valence-electron chi connectivity index (χ2n) is 8.33. The van der Waals surface area contributed by atoms with E-state index in [9.17, 15) is 26.8 Å². The highest BCUT2D eigenvalue weighted by Gasteiger charge is 2.45. The highest BCUT2D eigenvalue weighted by molar-refractivity contribution is 7.89. The Balaban J connectivity index is 1.30. The van der Waals surface area contributed by atoms with Crippen molar-refractivity contribution in [2.75, 3.05) is 31.1 Å². The van der Waals surface area contributed by atoms with Gasteiger partial charge >= 0.3 is 0 Å². The van der Waals surface area contributed by atoms with Gasteiger partial charge in [-0.1, -0.05) is 30.3 Å². The summed E-state index contributed by atoms with van der Waals surface area (Å²) in [5.74, 6) is -2.97. The summed E-state index contributed by atoms with van der Waals surface area (Å²) < 4.78 is 55.2. The molecular weight excluding hydrogens is 464 g/mol. The zero-order valence-corrected chi connectivity index (χ0v) is 18.8. The lowest BCUT2D eigenvalue weighted by Crippen LogP contribution is -2.53. The van der Waals surface area contributed by atoms with E-state index in [2.05, 4.69) is 0 Å². The van der Waals surface area contributed by atoms with E-state index in [0.29, 0.717) is 6.07 Å². The van der Waals surface area contributed by atoms with Crippen molar-refractivity contribution in [3.05, 3.63) is 72.3 Å². The number of imide groups is 1. The predicted octanol–water partition coefficient (Wildman–Crippen LogP) is 2.76. The van der Waals surface area contributed by atoms with Crippen LogP contribution in [0.25, 0.3) is 10.8 Å². The fraction of sp³-hybridized carbons (Fsp3) is 0.250. The first-order valence-electron chi connectivity index (χ1n) is 10.8. The van der Waals surface area contributed by atoms with Crippen LogP contribution < -0.4 is 4.90 Å². The Bertz CT molecular complexity index is 1400. The average Bonchev–Trinajstić information content (AvgIpc) is 3.12. The Morgan fingerprint density at radius 3 is 2.24 bits per heavy atom. The molecule has 5 rings (SSSR count). The van der Waals surface area contributed by atoms with Crippen molar-refractivity contribution >= 4 is 38.3 Å². The van der Waals surface area contributed by atoms with Crippen LogP contribution in [-0.2, 0) is 19.6 Å². The third-order valence-corrected chi connectivity index (χ3v) is 8.24. The highest BCUT2D eigenvalue weighted by atomic mass is 32.2. The van der Waals surface area contributed by atoms with Crippen LogP contribution in [-0.4, -0.2) is 61.7 Å². The van der Waals surface area contributed by atoms with Gasteiger partial charge in [0.2, 0.25) is 15.9 Å². The Kier molecular flexibility index (Phi) is 5.67. The van der Waals surface area contributed by atoms with E-state index >= 15 is 0 Å². The van der Waals surface area contributed by atoms with Crippen LogP contribution in [0.3, 0.4) is 0 Å². The number of nitrogens with zero attached hydrogens (tertiary/aromatic N) is 3. The Morgan fingerprint density at radius 1 is 0.824 bits per heavy atom. The second kappa shape index (κ2) is 8.53. The van der Waals surface area contributed by atoms with Gasteiger partial charge in [0.25, 0.3) is 5.91 Å². The zero-order chi connectivity index (χ0) is 24.0. The summed E-state index contributed by atoms with van der Waals surface area (Å²) >= 11 is 0. The normalized spacial score (nSPS) is 20.4. The smallest absolute Gasteiger partial charge is 0.251 e. The largest absolute Gasteiger partial charge is 0.289 e. The van der Waals surface area contributed by atoms with Crippen molar-refractivity contribution in [3.8, 4) is 0 Å². The molecule has 3 aromatic rings. The van der Waals surface area contributed by atoms with Gasteiger partial charge in [0, 0.05) is 32.2 Å². The maximum atomic E-state index is 14.2. The molecule has 0 aromatic heterocycles. The van der Waals surface area contributed by atoms with Gasteiger partial charge in [0.1, 0.15) is 11.6 Å². The lowest BCUT2D eigenvalue weighted by atomic mass is 10.1. The molecule has 3 aromatic carbocycles. The van der Waals surface area contributed by atoms with Crippen molar-refractivity contribution in [2.45, 2.75) is 17.4 Å². The van der Waals surface area contributed by atoms with Gasteiger partial charge in [-0.25, -0.2) is 22.1 Å². The molecule has 0 bridgehead atoms. The van der Waals surface area contributed by atoms with Gasteiger partial charge in [-0.3, -0.25) is 14.5 Å². The number of benzene rings is 3. The van der Waals surface area contributed by atoms with Crippen LogP contribution in [0.4, 0.5) is 14.5 Å². The SMILES string of the molecule is O=C1CC(N2CCN(S(=O)(=O)c3ccc4ccccc4c3)CC2)C(=O)N1c1ccc(F)cc1F. The minimum atomic E-state index is -3.73. The van der Waals surface area contributed by atoms with Gasteiger partial charge in [-0.2, -0.15) is 4.31 Å². The molecule has 2 aliphatic heterocycles. The molecule has 2 aliphatic rings. The van der Waals surface area contributed by atoms with Crippen LogP contribution in [0.15, 0.2) is 65.6 Å². The first-order valence-corrected chi connectivity index (χ1v) is 12.2. The van der Waals surface area contributed by atoms with Crippen LogP contribution >= 0.6 is 0 Å². The van der Waals surface area contributed by atoms with Crippen LogP contribution in [0.5, 0.6) is 0 Å². The van der Waals surface area contributed by atoms with Crippen molar-refractivity contribution in [1.29, 1.82) is 0 Å². The monoisotopic (exact) mass is 485 g/mol. The van der Waals surface area contributed by atoms with E-state index in [0.717, 1.165) is 27.8 Å². The molecule has 10 heteroatoms. The predicted molar refractivity (Wildman–Crippen MR) is 122 cm³/mol. The summed E-state index contributed by atoms with van der Waals surface area (Å²) in [6.07, 6.45) is -0.146. The summed E-state index contributed by atoms with van der Waals surface area (Å²) in [7, 11) is -3.73. The molecule has 0 N–H and O–H groups in total. The molecule has 0 spiro atoms. The van der Waals surface area contributed by atoms with Crippen LogP contribution in [0.2, 0.25) is 0 Å². The number of rotatable bonds is 4. The Labute approximate surface area is 195 Å². The van der Waals surface area contributed by atoms with Gasteiger partial charge in [-0.05, 0) is 35.0 Å². The number of piperazine rings is 1. The lowest BCUT2D eigenvalue weighted by molar-refractivity contribution is -0.123. The number of hydrogen-bond donors (Lipinski definition) is 0. The molecule has 0 aliphatic carbocycles. The molecule has 176 valence electrons. The van der Waals surface area contributed by atoms with E-state index in [-0.39, 0.29) is 43.2 Å². The van der Waals surface area contributed by atoms with Crippen molar-refractivity contribution in [2.24, 2.45) is 0 Å². The maximum absolute atomic E-state index is 14.2. The van der Waals surface area contributed by atoms with Crippen molar-refractivity contribution < 1.29 is 26.8 Å². The third kappa shape index (κ3) is 3.87. The van der Waals surface area contributed by atoms with Gasteiger partial charge in [-0.15, -0.1) is 0 Å². The number of hydrogen-bond acceptors (Lipinski definition) is 5. The molecule has 2 saturated heterocycles. The molecule has 2 amide bonds. The van der Waals surface area contributed by atoms with Crippen LogP contribution in [0.1, 0.15) is 6.42 Å². The molecule has 1 unspecified atom stereocenters. The second-order valence-corrected chi connectivity index (χ2v) is 10.3. The van der Waals surface area contributed by atoms with Crippen LogP contribution in [0, 0.1) is 11.6 Å². The topological polar surface area (TPSA) is 78.0 Å². The number of fused-ring (bicyclic) bond motifs is 1. The summed E-state index contributed by atoms with van der Waals surface area (Å²) in [6, 6.07) is 14.3. The third-order valence-electron chi connectivity index (χ3n) is 6.35. The quantitative estimate of drug-likeness (QED) is 0.531. The first kappa shape index (κ1) is 22.6. The highest BCUT2D eigenvalue weighted by Crippen LogP contribution is 2.30. The minimum Gasteiger partial charge on any atom is -0.289 e. The molecule has 0 radical (unpaired) electrons. The van der Waals surface area contributed by atoms with E-state index < -0.39 is 39.5 Å². The summed E-state index contributed by atoms with van der Waals surface area (Å²) in [5, 5.41) is 1.77. The fourth-order valence-corrected chi connectivity index (χ4v) is 6.01. The molecule has 2 heterocycles. The van der Waals surface area contributed by atoms with Crippen molar-refractivity contribution in [1.82, 2.24) is 9.21 Å². The summed E-state index contributed by atoms with van der Waals surface area (Å²) in [6.45, 7) is 0.794. The fourth-order valence-electron chi connectivity index (χ4n) is 4.55. The van der Waals surface area contributed by atoms with E-state index in [1.54, 1.807) is 23.1 Å². The molecule has 0 saturated carbocycles. The van der Waals surface area contributed by atoms with Gasteiger partial charge in [0.05, 0.1) is 23.0 Å². The van der Waals surface area contributed by atoms with Gasteiger partial charge in [0.15, 0.2) is 0 Å².